The van der Waals surface area contributed by atoms with Crippen LogP contribution in [0.15, 0.2) is 22.7 Å². The Morgan fingerprint density at radius 2 is 2.22 bits per heavy atom. The van der Waals surface area contributed by atoms with Crippen molar-refractivity contribution in [2.24, 2.45) is 5.41 Å². The molecule has 4 heteroatoms. The number of benzene rings is 1. The Labute approximate surface area is 116 Å². The monoisotopic (exact) mass is 311 g/mol. The number of rotatable bonds is 5. The molecule has 1 aliphatic rings. The van der Waals surface area contributed by atoms with Crippen LogP contribution in [0.3, 0.4) is 0 Å². The first-order valence-corrected chi connectivity index (χ1v) is 7.01. The van der Waals surface area contributed by atoms with Gasteiger partial charge in [0.2, 0.25) is 0 Å². The van der Waals surface area contributed by atoms with Gasteiger partial charge in [0, 0.05) is 17.6 Å². The molecule has 0 bridgehead atoms. The van der Waals surface area contributed by atoms with Gasteiger partial charge in [-0.05, 0) is 59.2 Å². The average molecular weight is 312 g/mol. The Balaban J connectivity index is 1.98. The lowest BCUT2D eigenvalue weighted by molar-refractivity contribution is 0.0940. The van der Waals surface area contributed by atoms with E-state index in [1.54, 1.807) is 0 Å². The number of aryl methyl sites for hydroxylation is 1. The van der Waals surface area contributed by atoms with Crippen LogP contribution in [-0.2, 0) is 0 Å². The SMILES string of the molecule is Cc1cccc(C(=O)NCC2(CCO)CC2)c1Br. The maximum Gasteiger partial charge on any atom is 0.252 e. The summed E-state index contributed by atoms with van der Waals surface area (Å²) in [4.78, 5) is 12.1. The Morgan fingerprint density at radius 3 is 2.83 bits per heavy atom. The highest BCUT2D eigenvalue weighted by Gasteiger charge is 2.41. The largest absolute Gasteiger partial charge is 0.396 e. The summed E-state index contributed by atoms with van der Waals surface area (Å²) in [6, 6.07) is 5.67. The van der Waals surface area contributed by atoms with Crippen LogP contribution in [-0.4, -0.2) is 24.2 Å². The minimum atomic E-state index is -0.0465. The second-order valence-corrected chi connectivity index (χ2v) is 5.89. The molecular formula is C14H18BrNO2. The number of nitrogens with one attached hydrogen (secondary N) is 1. The molecule has 1 aromatic rings. The van der Waals surface area contributed by atoms with Gasteiger partial charge in [-0.25, -0.2) is 0 Å². The fraction of sp³-hybridized carbons (Fsp3) is 0.500. The number of carbonyl (C=O) groups excluding carboxylic acids is 1. The van der Waals surface area contributed by atoms with Gasteiger partial charge in [0.1, 0.15) is 0 Å². The van der Waals surface area contributed by atoms with Gasteiger partial charge in [-0.15, -0.1) is 0 Å². The van der Waals surface area contributed by atoms with Crippen molar-refractivity contribution < 1.29 is 9.90 Å². The highest BCUT2D eigenvalue weighted by atomic mass is 79.9. The predicted octanol–water partition coefficient (Wildman–Crippen LogP) is 2.65. The van der Waals surface area contributed by atoms with E-state index >= 15 is 0 Å². The average Bonchev–Trinajstić information content (AvgIpc) is 3.11. The van der Waals surface area contributed by atoms with Gasteiger partial charge in [0.05, 0.1) is 5.56 Å². The van der Waals surface area contributed by atoms with Crippen molar-refractivity contribution in [1.29, 1.82) is 0 Å². The van der Waals surface area contributed by atoms with Crippen LogP contribution >= 0.6 is 15.9 Å². The van der Waals surface area contributed by atoms with E-state index in [9.17, 15) is 4.79 Å². The molecule has 0 atom stereocenters. The summed E-state index contributed by atoms with van der Waals surface area (Å²) in [6.45, 7) is 2.83. The van der Waals surface area contributed by atoms with E-state index in [1.165, 1.54) is 0 Å². The van der Waals surface area contributed by atoms with Crippen molar-refractivity contribution in [3.63, 3.8) is 0 Å². The molecule has 2 rings (SSSR count). The first kappa shape index (κ1) is 13.6. The van der Waals surface area contributed by atoms with Gasteiger partial charge < -0.3 is 10.4 Å². The van der Waals surface area contributed by atoms with E-state index in [2.05, 4.69) is 21.2 Å². The molecule has 0 radical (unpaired) electrons. The van der Waals surface area contributed by atoms with E-state index in [0.717, 1.165) is 29.3 Å². The molecule has 1 aromatic carbocycles. The molecular weight excluding hydrogens is 294 g/mol. The summed E-state index contributed by atoms with van der Waals surface area (Å²) in [5, 5.41) is 12.0. The number of aliphatic hydroxyl groups excluding tert-OH is 1. The Bertz CT molecular complexity index is 455. The first-order chi connectivity index (χ1) is 8.58. The lowest BCUT2D eigenvalue weighted by Gasteiger charge is -2.15. The molecule has 1 fully saturated rings. The Kier molecular flexibility index (Phi) is 4.07. The van der Waals surface area contributed by atoms with Gasteiger partial charge in [0.15, 0.2) is 0 Å². The summed E-state index contributed by atoms with van der Waals surface area (Å²) in [5.41, 5.74) is 1.88. The maximum atomic E-state index is 12.1. The molecule has 1 aliphatic carbocycles. The molecule has 0 heterocycles. The van der Waals surface area contributed by atoms with Gasteiger partial charge >= 0.3 is 0 Å². The van der Waals surface area contributed by atoms with Crippen LogP contribution in [0.2, 0.25) is 0 Å². The fourth-order valence-electron chi connectivity index (χ4n) is 2.11. The Morgan fingerprint density at radius 1 is 1.50 bits per heavy atom. The van der Waals surface area contributed by atoms with Crippen LogP contribution in [0.1, 0.15) is 35.2 Å². The third-order valence-electron chi connectivity index (χ3n) is 3.66. The topological polar surface area (TPSA) is 49.3 Å². The van der Waals surface area contributed by atoms with Crippen molar-refractivity contribution >= 4 is 21.8 Å². The van der Waals surface area contributed by atoms with Crippen LogP contribution in [0.5, 0.6) is 0 Å². The highest BCUT2D eigenvalue weighted by Crippen LogP contribution is 2.47. The molecule has 0 aliphatic heterocycles. The van der Waals surface area contributed by atoms with Crippen LogP contribution in [0, 0.1) is 12.3 Å². The van der Waals surface area contributed by atoms with E-state index in [0.29, 0.717) is 12.1 Å². The van der Waals surface area contributed by atoms with Crippen molar-refractivity contribution in [2.75, 3.05) is 13.2 Å². The zero-order valence-electron chi connectivity index (χ0n) is 10.5. The number of hydrogen-bond acceptors (Lipinski definition) is 2. The van der Waals surface area contributed by atoms with Gasteiger partial charge in [0.25, 0.3) is 5.91 Å². The third-order valence-corrected chi connectivity index (χ3v) is 4.71. The molecule has 98 valence electrons. The van der Waals surface area contributed by atoms with Gasteiger partial charge in [-0.2, -0.15) is 0 Å². The van der Waals surface area contributed by atoms with Crippen molar-refractivity contribution in [3.8, 4) is 0 Å². The predicted molar refractivity (Wildman–Crippen MR) is 74.6 cm³/mol. The summed E-state index contributed by atoms with van der Waals surface area (Å²) in [6.07, 6.45) is 2.98. The Hall–Kier alpha value is -0.870. The molecule has 0 aromatic heterocycles. The van der Waals surface area contributed by atoms with E-state index in [1.807, 2.05) is 25.1 Å². The lowest BCUT2D eigenvalue weighted by atomic mass is 10.0. The van der Waals surface area contributed by atoms with Crippen molar-refractivity contribution in [2.45, 2.75) is 26.2 Å². The molecule has 1 amide bonds. The second kappa shape index (κ2) is 5.41. The minimum absolute atomic E-state index is 0.0465. The summed E-state index contributed by atoms with van der Waals surface area (Å²) < 4.78 is 0.856. The number of hydrogen-bond donors (Lipinski definition) is 2. The van der Waals surface area contributed by atoms with Crippen molar-refractivity contribution in [3.05, 3.63) is 33.8 Å². The quantitative estimate of drug-likeness (QED) is 0.878. The summed E-state index contributed by atoms with van der Waals surface area (Å²) in [5.74, 6) is -0.0465. The number of halogens is 1. The normalized spacial score (nSPS) is 16.4. The van der Waals surface area contributed by atoms with E-state index < -0.39 is 0 Å². The number of carbonyl (C=O) groups is 1. The zero-order chi connectivity index (χ0) is 13.2. The minimum Gasteiger partial charge on any atom is -0.396 e. The summed E-state index contributed by atoms with van der Waals surface area (Å²) >= 11 is 3.45. The maximum absolute atomic E-state index is 12.1. The lowest BCUT2D eigenvalue weighted by Crippen LogP contribution is -2.31. The van der Waals surface area contributed by atoms with Gasteiger partial charge in [-0.1, -0.05) is 12.1 Å². The van der Waals surface area contributed by atoms with Crippen LogP contribution in [0.4, 0.5) is 0 Å². The second-order valence-electron chi connectivity index (χ2n) is 5.09. The number of aliphatic hydroxyl groups is 1. The smallest absolute Gasteiger partial charge is 0.252 e. The standard InChI is InChI=1S/C14H18BrNO2/c1-10-3-2-4-11(12(10)15)13(18)16-9-14(5-6-14)7-8-17/h2-4,17H,5-9H2,1H3,(H,16,18). The first-order valence-electron chi connectivity index (χ1n) is 6.22. The van der Waals surface area contributed by atoms with Gasteiger partial charge in [-0.3, -0.25) is 4.79 Å². The van der Waals surface area contributed by atoms with Crippen LogP contribution in [0.25, 0.3) is 0 Å². The van der Waals surface area contributed by atoms with E-state index in [-0.39, 0.29) is 17.9 Å². The van der Waals surface area contributed by atoms with Crippen molar-refractivity contribution in [1.82, 2.24) is 5.32 Å². The zero-order valence-corrected chi connectivity index (χ0v) is 12.1. The number of amides is 1. The highest BCUT2D eigenvalue weighted by molar-refractivity contribution is 9.10. The van der Waals surface area contributed by atoms with E-state index in [4.69, 9.17) is 5.11 Å². The molecule has 0 spiro atoms. The third kappa shape index (κ3) is 2.93. The molecule has 1 saturated carbocycles. The fourth-order valence-corrected chi connectivity index (χ4v) is 2.56. The molecule has 0 saturated heterocycles. The van der Waals surface area contributed by atoms with Crippen LogP contribution < -0.4 is 5.32 Å². The molecule has 18 heavy (non-hydrogen) atoms. The molecule has 2 N–H and O–H groups in total. The molecule has 3 nitrogen and oxygen atoms in total. The molecule has 0 unspecified atom stereocenters. The summed E-state index contributed by atoms with van der Waals surface area (Å²) in [7, 11) is 0.